The van der Waals surface area contributed by atoms with Gasteiger partial charge in [0.25, 0.3) is 0 Å². The van der Waals surface area contributed by atoms with Crippen molar-refractivity contribution in [2.45, 2.75) is 64.4 Å². The van der Waals surface area contributed by atoms with Crippen molar-refractivity contribution in [3.05, 3.63) is 65.2 Å². The van der Waals surface area contributed by atoms with Crippen LogP contribution < -0.4 is 4.74 Å². The van der Waals surface area contributed by atoms with Crippen molar-refractivity contribution in [1.29, 1.82) is 0 Å². The summed E-state index contributed by atoms with van der Waals surface area (Å²) < 4.78 is 37.7. The lowest BCUT2D eigenvalue weighted by molar-refractivity contribution is -0.141. The van der Waals surface area contributed by atoms with Crippen molar-refractivity contribution in [3.8, 4) is 5.75 Å². The molecule has 0 radical (unpaired) electrons. The van der Waals surface area contributed by atoms with Crippen LogP contribution in [0, 0.1) is 17.6 Å². The van der Waals surface area contributed by atoms with Gasteiger partial charge in [-0.25, -0.2) is 8.78 Å². The van der Waals surface area contributed by atoms with Crippen molar-refractivity contribution in [2.24, 2.45) is 5.92 Å². The van der Waals surface area contributed by atoms with Gasteiger partial charge in [0, 0.05) is 6.61 Å². The van der Waals surface area contributed by atoms with Gasteiger partial charge in [-0.1, -0.05) is 31.5 Å². The second-order valence-electron chi connectivity index (χ2n) is 8.01. The molecule has 2 aromatic carbocycles. The normalized spacial score (nSPS) is 18.9. The van der Waals surface area contributed by atoms with Crippen LogP contribution >= 0.6 is 0 Å². The highest BCUT2D eigenvalue weighted by Gasteiger charge is 2.28. The monoisotopic (exact) mass is 416 g/mol. The fraction of sp³-hybridized carbons (Fsp3) is 0.480. The molecule has 30 heavy (non-hydrogen) atoms. The quantitative estimate of drug-likeness (QED) is 0.284. The van der Waals surface area contributed by atoms with Crippen LogP contribution in [0.15, 0.2) is 42.5 Å². The molecule has 1 fully saturated rings. The smallest absolute Gasteiger partial charge is 0.314 e. The highest BCUT2D eigenvalue weighted by molar-refractivity contribution is 5.75. The number of hydrogen-bond donors (Lipinski definition) is 0. The number of unbranched alkanes of at least 4 members (excludes halogenated alkanes) is 1. The molecule has 2 aromatic rings. The first kappa shape index (κ1) is 22.4. The van der Waals surface area contributed by atoms with Crippen molar-refractivity contribution in [1.82, 2.24) is 0 Å². The lowest BCUT2D eigenvalue weighted by atomic mass is 9.87. The molecule has 1 saturated carbocycles. The number of benzene rings is 2. The minimum atomic E-state index is -0.831. The fourth-order valence-corrected chi connectivity index (χ4v) is 3.77. The first-order valence-corrected chi connectivity index (χ1v) is 10.9. The third kappa shape index (κ3) is 6.63. The molecule has 0 spiro atoms. The van der Waals surface area contributed by atoms with Crippen LogP contribution in [0.1, 0.15) is 56.6 Å². The van der Waals surface area contributed by atoms with Crippen LogP contribution in [-0.4, -0.2) is 18.7 Å². The molecular weight excluding hydrogens is 386 g/mol. The number of halogens is 2. The molecule has 0 saturated heterocycles. The van der Waals surface area contributed by atoms with Crippen LogP contribution in [-0.2, 0) is 22.4 Å². The largest absolute Gasteiger partial charge is 0.426 e. The lowest BCUT2D eigenvalue weighted by Gasteiger charge is -2.27. The average molecular weight is 417 g/mol. The van der Waals surface area contributed by atoms with E-state index < -0.39 is 11.6 Å². The number of carbonyl (C=O) groups excluding carboxylic acids is 1. The Labute approximate surface area is 177 Å². The summed E-state index contributed by atoms with van der Waals surface area (Å²) in [6.07, 6.45) is 7.22. The van der Waals surface area contributed by atoms with Gasteiger partial charge in [-0.15, -0.1) is 0 Å². The Bertz CT molecular complexity index is 812. The molecule has 0 aliphatic heterocycles. The molecule has 0 N–H and O–H groups in total. The van der Waals surface area contributed by atoms with Crippen molar-refractivity contribution < 1.29 is 23.0 Å². The van der Waals surface area contributed by atoms with Gasteiger partial charge in [0.1, 0.15) is 5.75 Å². The van der Waals surface area contributed by atoms with Crippen LogP contribution in [0.25, 0.3) is 0 Å². The molecule has 3 nitrogen and oxygen atoms in total. The number of carbonyl (C=O) groups is 1. The predicted octanol–water partition coefficient (Wildman–Crippen LogP) is 6.03. The second kappa shape index (κ2) is 11.2. The standard InChI is InChI=1S/C25H30F2O3/c1-2-3-16-29-21-13-9-20(10-14-21)25(28)30-22-11-6-18(7-12-22)4-5-19-8-15-23(26)24(27)17-19/h6-8,11-12,15,17,20-21H,2-5,9-10,13-14,16H2,1H3. The van der Waals surface area contributed by atoms with E-state index in [0.29, 0.717) is 18.6 Å². The number of hydrogen-bond acceptors (Lipinski definition) is 3. The van der Waals surface area contributed by atoms with Gasteiger partial charge < -0.3 is 9.47 Å². The molecule has 5 heteroatoms. The average Bonchev–Trinajstić information content (AvgIpc) is 2.76. The Kier molecular flexibility index (Phi) is 8.38. The highest BCUT2D eigenvalue weighted by atomic mass is 19.2. The summed E-state index contributed by atoms with van der Waals surface area (Å²) in [7, 11) is 0. The maximum atomic E-state index is 13.3. The van der Waals surface area contributed by atoms with E-state index in [1.807, 2.05) is 12.1 Å². The van der Waals surface area contributed by atoms with E-state index in [1.165, 1.54) is 6.07 Å². The van der Waals surface area contributed by atoms with Crippen molar-refractivity contribution in [2.75, 3.05) is 6.61 Å². The Balaban J connectivity index is 1.42. The van der Waals surface area contributed by atoms with Crippen LogP contribution in [0.4, 0.5) is 8.78 Å². The molecule has 1 aliphatic carbocycles. The van der Waals surface area contributed by atoms with Gasteiger partial charge in [-0.05, 0) is 80.3 Å². The molecule has 0 unspecified atom stereocenters. The number of rotatable bonds is 9. The van der Waals surface area contributed by atoms with E-state index >= 15 is 0 Å². The molecule has 0 bridgehead atoms. The minimum absolute atomic E-state index is 0.0657. The molecule has 0 amide bonds. The van der Waals surface area contributed by atoms with E-state index in [9.17, 15) is 13.6 Å². The van der Waals surface area contributed by atoms with Gasteiger partial charge in [-0.2, -0.15) is 0 Å². The van der Waals surface area contributed by atoms with E-state index in [-0.39, 0.29) is 18.0 Å². The number of esters is 1. The summed E-state index contributed by atoms with van der Waals surface area (Å²) in [5.41, 5.74) is 1.79. The summed E-state index contributed by atoms with van der Waals surface area (Å²) in [6.45, 7) is 2.95. The Hall–Kier alpha value is -2.27. The minimum Gasteiger partial charge on any atom is -0.426 e. The van der Waals surface area contributed by atoms with Crippen LogP contribution in [0.5, 0.6) is 5.75 Å². The SMILES string of the molecule is CCCCOC1CCC(C(=O)Oc2ccc(CCc3ccc(F)c(F)c3)cc2)CC1. The summed E-state index contributed by atoms with van der Waals surface area (Å²) in [6, 6.07) is 11.4. The zero-order chi connectivity index (χ0) is 21.3. The maximum Gasteiger partial charge on any atom is 0.314 e. The lowest BCUT2D eigenvalue weighted by Crippen LogP contribution is -2.29. The summed E-state index contributed by atoms with van der Waals surface area (Å²) in [4.78, 5) is 12.5. The molecular formula is C25H30F2O3. The molecule has 0 heterocycles. The van der Waals surface area contributed by atoms with Gasteiger partial charge >= 0.3 is 5.97 Å². The van der Waals surface area contributed by atoms with E-state index in [0.717, 1.165) is 62.3 Å². The summed E-state index contributed by atoms with van der Waals surface area (Å²) >= 11 is 0. The van der Waals surface area contributed by atoms with Gasteiger partial charge in [0.05, 0.1) is 12.0 Å². The third-order valence-electron chi connectivity index (χ3n) is 5.69. The third-order valence-corrected chi connectivity index (χ3v) is 5.69. The summed E-state index contributed by atoms with van der Waals surface area (Å²) in [5, 5.41) is 0. The highest BCUT2D eigenvalue weighted by Crippen LogP contribution is 2.28. The van der Waals surface area contributed by atoms with Gasteiger partial charge in [0.2, 0.25) is 0 Å². The second-order valence-corrected chi connectivity index (χ2v) is 8.01. The molecule has 0 atom stereocenters. The predicted molar refractivity (Wildman–Crippen MR) is 112 cm³/mol. The summed E-state index contributed by atoms with van der Waals surface area (Å²) in [5.74, 6) is -1.35. The van der Waals surface area contributed by atoms with Gasteiger partial charge in [-0.3, -0.25) is 4.79 Å². The van der Waals surface area contributed by atoms with E-state index in [4.69, 9.17) is 9.47 Å². The number of ether oxygens (including phenoxy) is 2. The fourth-order valence-electron chi connectivity index (χ4n) is 3.77. The molecule has 3 rings (SSSR count). The number of aryl methyl sites for hydroxylation is 2. The van der Waals surface area contributed by atoms with E-state index in [2.05, 4.69) is 6.92 Å². The first-order valence-electron chi connectivity index (χ1n) is 10.9. The molecule has 162 valence electrons. The molecule has 0 aromatic heterocycles. The van der Waals surface area contributed by atoms with Crippen molar-refractivity contribution >= 4 is 5.97 Å². The zero-order valence-electron chi connectivity index (χ0n) is 17.5. The first-order chi connectivity index (χ1) is 14.5. The van der Waals surface area contributed by atoms with Crippen molar-refractivity contribution in [3.63, 3.8) is 0 Å². The Morgan fingerprint density at radius 1 is 0.933 bits per heavy atom. The Morgan fingerprint density at radius 2 is 1.60 bits per heavy atom. The zero-order valence-corrected chi connectivity index (χ0v) is 17.5. The van der Waals surface area contributed by atoms with Crippen LogP contribution in [0.2, 0.25) is 0 Å². The molecule has 1 aliphatic rings. The van der Waals surface area contributed by atoms with E-state index in [1.54, 1.807) is 18.2 Å². The Morgan fingerprint density at radius 3 is 2.27 bits per heavy atom. The maximum absolute atomic E-state index is 13.3. The van der Waals surface area contributed by atoms with Gasteiger partial charge in [0.15, 0.2) is 11.6 Å². The van der Waals surface area contributed by atoms with Crippen LogP contribution in [0.3, 0.4) is 0 Å². The topological polar surface area (TPSA) is 35.5 Å².